The molecule has 0 saturated carbocycles. The fraction of sp³-hybridized carbons (Fsp3) is 0.200. The van der Waals surface area contributed by atoms with Crippen LogP contribution in [0.1, 0.15) is 16.7 Å². The molecule has 3 nitrogen and oxygen atoms in total. The summed E-state index contributed by atoms with van der Waals surface area (Å²) in [5, 5.41) is 8.96. The number of rotatable bonds is 4. The lowest BCUT2D eigenvalue weighted by molar-refractivity contribution is -0.137. The zero-order valence-corrected chi connectivity index (χ0v) is 10.6. The molecule has 0 aromatic heterocycles. The van der Waals surface area contributed by atoms with Gasteiger partial charge in [0.05, 0.1) is 0 Å². The van der Waals surface area contributed by atoms with E-state index >= 15 is 0 Å². The van der Waals surface area contributed by atoms with Gasteiger partial charge in [-0.1, -0.05) is 36.4 Å². The van der Waals surface area contributed by atoms with Crippen LogP contribution >= 0.6 is 0 Å². The van der Waals surface area contributed by atoms with Gasteiger partial charge >= 0.3 is 5.97 Å². The lowest BCUT2D eigenvalue weighted by Crippen LogP contribution is -2.06. The molecule has 0 atom stereocenters. The molecular formula is C15H15NO2. The van der Waals surface area contributed by atoms with Crippen LogP contribution in [0.2, 0.25) is 0 Å². The Bertz CT molecular complexity index is 536. The molecule has 0 saturated heterocycles. The summed E-state index contributed by atoms with van der Waals surface area (Å²) in [4.78, 5) is 11.6. The Balaban J connectivity index is 3.01. The second-order valence-electron chi connectivity index (χ2n) is 3.92. The molecule has 0 aliphatic carbocycles. The summed E-state index contributed by atoms with van der Waals surface area (Å²) in [6, 6.07) is 7.66. The van der Waals surface area contributed by atoms with E-state index in [1.807, 2.05) is 38.1 Å². The number of carbonyl (C=O) groups excluding carboxylic acids is 1. The van der Waals surface area contributed by atoms with Gasteiger partial charge in [-0.2, -0.15) is 5.26 Å². The molecule has 0 fully saturated rings. The second-order valence-corrected chi connectivity index (χ2v) is 3.92. The third kappa shape index (κ3) is 3.60. The van der Waals surface area contributed by atoms with Crippen molar-refractivity contribution >= 4 is 12.0 Å². The standard InChI is InChI=1S/C15H15NO2/c1-4-7-18-15(17)14(10-16)9-13-6-5-11(2)8-12(13)3/h4-6,8-9H,1,7H2,2-3H3. The molecule has 0 unspecified atom stereocenters. The van der Waals surface area contributed by atoms with Crippen molar-refractivity contribution in [2.45, 2.75) is 13.8 Å². The highest BCUT2D eigenvalue weighted by molar-refractivity contribution is 5.98. The first-order valence-corrected chi connectivity index (χ1v) is 5.55. The summed E-state index contributed by atoms with van der Waals surface area (Å²) >= 11 is 0. The van der Waals surface area contributed by atoms with Crippen molar-refractivity contribution in [3.63, 3.8) is 0 Å². The zero-order valence-electron chi connectivity index (χ0n) is 10.6. The van der Waals surface area contributed by atoms with E-state index in [0.29, 0.717) is 0 Å². The Morgan fingerprint density at radius 3 is 2.78 bits per heavy atom. The fourth-order valence-corrected chi connectivity index (χ4v) is 1.49. The molecule has 0 bridgehead atoms. The minimum atomic E-state index is -0.627. The average molecular weight is 241 g/mol. The highest BCUT2D eigenvalue weighted by Crippen LogP contribution is 2.14. The lowest BCUT2D eigenvalue weighted by atomic mass is 10.0. The number of esters is 1. The number of carbonyl (C=O) groups is 1. The van der Waals surface area contributed by atoms with Crippen LogP contribution in [0.25, 0.3) is 6.08 Å². The van der Waals surface area contributed by atoms with Crippen LogP contribution in [0.4, 0.5) is 0 Å². The van der Waals surface area contributed by atoms with Gasteiger partial charge in [0.1, 0.15) is 18.2 Å². The van der Waals surface area contributed by atoms with Crippen molar-refractivity contribution in [1.29, 1.82) is 5.26 Å². The maximum absolute atomic E-state index is 11.6. The van der Waals surface area contributed by atoms with E-state index in [1.54, 1.807) is 6.08 Å². The quantitative estimate of drug-likeness (QED) is 0.352. The molecule has 0 aliphatic heterocycles. The molecule has 0 radical (unpaired) electrons. The first-order valence-electron chi connectivity index (χ1n) is 5.55. The molecule has 0 heterocycles. The highest BCUT2D eigenvalue weighted by atomic mass is 16.5. The van der Waals surface area contributed by atoms with E-state index in [9.17, 15) is 4.79 Å². The predicted molar refractivity (Wildman–Crippen MR) is 70.7 cm³/mol. The Hall–Kier alpha value is -2.34. The van der Waals surface area contributed by atoms with Crippen LogP contribution in [-0.2, 0) is 9.53 Å². The SMILES string of the molecule is C=CCOC(=O)C(C#N)=Cc1ccc(C)cc1C. The second kappa shape index (κ2) is 6.41. The van der Waals surface area contributed by atoms with Gasteiger partial charge < -0.3 is 4.74 Å². The number of nitrogens with zero attached hydrogens (tertiary/aromatic N) is 1. The minimum Gasteiger partial charge on any atom is -0.457 e. The largest absolute Gasteiger partial charge is 0.457 e. The van der Waals surface area contributed by atoms with Crippen LogP contribution in [0.5, 0.6) is 0 Å². The lowest BCUT2D eigenvalue weighted by Gasteiger charge is -2.03. The van der Waals surface area contributed by atoms with Crippen LogP contribution in [0, 0.1) is 25.2 Å². The molecule has 1 rings (SSSR count). The van der Waals surface area contributed by atoms with Crippen LogP contribution in [0.3, 0.4) is 0 Å². The van der Waals surface area contributed by atoms with E-state index in [2.05, 4.69) is 6.58 Å². The van der Waals surface area contributed by atoms with Crippen molar-refractivity contribution in [2.24, 2.45) is 0 Å². The highest BCUT2D eigenvalue weighted by Gasteiger charge is 2.10. The summed E-state index contributed by atoms with van der Waals surface area (Å²) < 4.78 is 4.83. The summed E-state index contributed by atoms with van der Waals surface area (Å²) in [6.45, 7) is 7.47. The Labute approximate surface area is 107 Å². The van der Waals surface area contributed by atoms with Gasteiger partial charge in [-0.05, 0) is 31.1 Å². The smallest absolute Gasteiger partial charge is 0.349 e. The van der Waals surface area contributed by atoms with Crippen molar-refractivity contribution < 1.29 is 9.53 Å². The maximum atomic E-state index is 11.6. The van der Waals surface area contributed by atoms with Crippen molar-refractivity contribution in [2.75, 3.05) is 6.61 Å². The monoisotopic (exact) mass is 241 g/mol. The van der Waals surface area contributed by atoms with Crippen molar-refractivity contribution in [3.05, 3.63) is 53.1 Å². The zero-order chi connectivity index (χ0) is 13.5. The van der Waals surface area contributed by atoms with Gasteiger partial charge in [0.2, 0.25) is 0 Å². The van der Waals surface area contributed by atoms with Gasteiger partial charge in [-0.15, -0.1) is 0 Å². The molecule has 3 heteroatoms. The van der Waals surface area contributed by atoms with E-state index < -0.39 is 5.97 Å². The van der Waals surface area contributed by atoms with Gasteiger partial charge in [-0.3, -0.25) is 0 Å². The van der Waals surface area contributed by atoms with E-state index in [1.165, 1.54) is 6.08 Å². The summed E-state index contributed by atoms with van der Waals surface area (Å²) in [5.41, 5.74) is 2.98. The molecule has 1 aromatic rings. The van der Waals surface area contributed by atoms with Gasteiger partial charge in [-0.25, -0.2) is 4.79 Å². The Morgan fingerprint density at radius 1 is 1.50 bits per heavy atom. The number of hydrogen-bond donors (Lipinski definition) is 0. The number of aryl methyl sites for hydroxylation is 2. The van der Waals surface area contributed by atoms with Crippen molar-refractivity contribution in [3.8, 4) is 6.07 Å². The van der Waals surface area contributed by atoms with Crippen LogP contribution in [0.15, 0.2) is 36.4 Å². The summed E-state index contributed by atoms with van der Waals surface area (Å²) in [5.74, 6) is -0.627. The van der Waals surface area contributed by atoms with E-state index in [4.69, 9.17) is 10.00 Å². The van der Waals surface area contributed by atoms with Crippen molar-refractivity contribution in [1.82, 2.24) is 0 Å². The van der Waals surface area contributed by atoms with Gasteiger partial charge in [0.15, 0.2) is 0 Å². The van der Waals surface area contributed by atoms with Crippen LogP contribution < -0.4 is 0 Å². The molecule has 0 amide bonds. The summed E-state index contributed by atoms with van der Waals surface area (Å²) in [6.07, 6.45) is 3.00. The third-order valence-corrected chi connectivity index (χ3v) is 2.40. The Morgan fingerprint density at radius 2 is 2.22 bits per heavy atom. The molecule has 0 N–H and O–H groups in total. The fourth-order valence-electron chi connectivity index (χ4n) is 1.49. The van der Waals surface area contributed by atoms with E-state index in [0.717, 1.165) is 16.7 Å². The third-order valence-electron chi connectivity index (χ3n) is 2.40. The molecule has 92 valence electrons. The molecule has 18 heavy (non-hydrogen) atoms. The number of nitriles is 1. The normalized spacial score (nSPS) is 10.6. The van der Waals surface area contributed by atoms with Gasteiger partial charge in [0, 0.05) is 0 Å². The Kier molecular flexibility index (Phi) is 4.89. The molecule has 0 spiro atoms. The number of benzene rings is 1. The first-order chi connectivity index (χ1) is 8.58. The summed E-state index contributed by atoms with van der Waals surface area (Å²) in [7, 11) is 0. The predicted octanol–water partition coefficient (Wildman–Crippen LogP) is 2.94. The van der Waals surface area contributed by atoms with Crippen LogP contribution in [-0.4, -0.2) is 12.6 Å². The maximum Gasteiger partial charge on any atom is 0.349 e. The molecule has 0 aliphatic rings. The topological polar surface area (TPSA) is 50.1 Å². The molecular weight excluding hydrogens is 226 g/mol. The number of hydrogen-bond acceptors (Lipinski definition) is 3. The minimum absolute atomic E-state index is 0.0104. The van der Waals surface area contributed by atoms with Gasteiger partial charge in [0.25, 0.3) is 0 Å². The number of ether oxygens (including phenoxy) is 1. The van der Waals surface area contributed by atoms with E-state index in [-0.39, 0.29) is 12.2 Å². The molecule has 1 aromatic carbocycles. The first kappa shape index (κ1) is 13.7. The average Bonchev–Trinajstić information content (AvgIpc) is 2.35.